The van der Waals surface area contributed by atoms with Gasteiger partial charge in [0.15, 0.2) is 0 Å². The molecule has 0 aliphatic carbocycles. The van der Waals surface area contributed by atoms with Gasteiger partial charge in [0.2, 0.25) is 0 Å². The summed E-state index contributed by atoms with van der Waals surface area (Å²) in [6.45, 7) is 9.38. The SMILES string of the molecule is CCCCCCCCCCCCOCCOCCOCCOCCOC(=O)CCCCCC. The summed E-state index contributed by atoms with van der Waals surface area (Å²) in [6, 6.07) is 0. The highest BCUT2D eigenvalue weighted by atomic mass is 16.6. The summed E-state index contributed by atoms with van der Waals surface area (Å²) in [6.07, 6.45) is 18.3. The van der Waals surface area contributed by atoms with Crippen LogP contribution in [0.25, 0.3) is 0 Å². The Morgan fingerprint density at radius 1 is 0.424 bits per heavy atom. The fourth-order valence-corrected chi connectivity index (χ4v) is 3.44. The summed E-state index contributed by atoms with van der Waals surface area (Å²) in [5.41, 5.74) is 0. The van der Waals surface area contributed by atoms with Gasteiger partial charge in [-0.3, -0.25) is 4.79 Å². The Bertz CT molecular complexity index is 378. The van der Waals surface area contributed by atoms with E-state index in [-0.39, 0.29) is 5.97 Å². The largest absolute Gasteiger partial charge is 0.463 e. The first-order valence-electron chi connectivity index (χ1n) is 13.8. The van der Waals surface area contributed by atoms with Gasteiger partial charge in [-0.2, -0.15) is 0 Å². The summed E-state index contributed by atoms with van der Waals surface area (Å²) >= 11 is 0. The highest BCUT2D eigenvalue weighted by Crippen LogP contribution is 2.10. The predicted octanol–water partition coefficient (Wildman–Crippen LogP) is 6.49. The van der Waals surface area contributed by atoms with Crippen molar-refractivity contribution >= 4 is 5.97 Å². The van der Waals surface area contributed by atoms with E-state index in [1.807, 2.05) is 0 Å². The first-order chi connectivity index (χ1) is 16.3. The molecular weight excluding hydrogens is 420 g/mol. The van der Waals surface area contributed by atoms with Crippen molar-refractivity contribution < 1.29 is 28.5 Å². The van der Waals surface area contributed by atoms with Gasteiger partial charge in [-0.05, 0) is 12.8 Å². The van der Waals surface area contributed by atoms with Crippen LogP contribution in [0.5, 0.6) is 0 Å². The molecule has 0 fully saturated rings. The second-order valence-corrected chi connectivity index (χ2v) is 8.66. The van der Waals surface area contributed by atoms with E-state index >= 15 is 0 Å². The zero-order valence-electron chi connectivity index (χ0n) is 21.9. The van der Waals surface area contributed by atoms with E-state index in [1.165, 1.54) is 70.6 Å². The van der Waals surface area contributed by atoms with Crippen LogP contribution >= 0.6 is 0 Å². The number of unbranched alkanes of at least 4 members (excludes halogenated alkanes) is 12. The monoisotopic (exact) mass is 474 g/mol. The van der Waals surface area contributed by atoms with E-state index in [9.17, 15) is 4.79 Å². The summed E-state index contributed by atoms with van der Waals surface area (Å²) in [4.78, 5) is 11.5. The molecule has 0 saturated carbocycles. The van der Waals surface area contributed by atoms with Crippen molar-refractivity contribution in [3.05, 3.63) is 0 Å². The van der Waals surface area contributed by atoms with Crippen LogP contribution in [-0.2, 0) is 28.5 Å². The van der Waals surface area contributed by atoms with Crippen LogP contribution in [0.2, 0.25) is 0 Å². The fraction of sp³-hybridized carbons (Fsp3) is 0.963. The van der Waals surface area contributed by atoms with Crippen LogP contribution in [0, 0.1) is 0 Å². The minimum absolute atomic E-state index is 0.129. The molecule has 0 spiro atoms. The van der Waals surface area contributed by atoms with Gasteiger partial charge in [0, 0.05) is 13.0 Å². The number of hydrogen-bond donors (Lipinski definition) is 0. The molecular formula is C27H54O6. The lowest BCUT2D eigenvalue weighted by Crippen LogP contribution is -2.14. The van der Waals surface area contributed by atoms with Crippen LogP contribution in [0.3, 0.4) is 0 Å². The molecule has 0 unspecified atom stereocenters. The van der Waals surface area contributed by atoms with E-state index in [4.69, 9.17) is 23.7 Å². The Hall–Kier alpha value is -0.690. The summed E-state index contributed by atoms with van der Waals surface area (Å²) < 4.78 is 27.1. The Balaban J connectivity index is 3.07. The van der Waals surface area contributed by atoms with Gasteiger partial charge in [-0.1, -0.05) is 90.9 Å². The van der Waals surface area contributed by atoms with Crippen molar-refractivity contribution in [2.45, 2.75) is 110 Å². The zero-order chi connectivity index (χ0) is 24.1. The average Bonchev–Trinajstić information content (AvgIpc) is 2.82. The lowest BCUT2D eigenvalue weighted by Gasteiger charge is -2.08. The van der Waals surface area contributed by atoms with Crippen LogP contribution in [0.4, 0.5) is 0 Å². The van der Waals surface area contributed by atoms with Crippen LogP contribution in [0.15, 0.2) is 0 Å². The molecule has 198 valence electrons. The summed E-state index contributed by atoms with van der Waals surface area (Å²) in [5, 5.41) is 0. The van der Waals surface area contributed by atoms with Gasteiger partial charge in [-0.25, -0.2) is 0 Å². The minimum atomic E-state index is -0.129. The number of rotatable bonds is 28. The van der Waals surface area contributed by atoms with Crippen LogP contribution < -0.4 is 0 Å². The normalized spacial score (nSPS) is 11.2. The Kier molecular flexibility index (Phi) is 28.7. The molecule has 6 nitrogen and oxygen atoms in total. The Morgan fingerprint density at radius 3 is 1.27 bits per heavy atom. The maximum atomic E-state index is 11.5. The molecule has 0 saturated heterocycles. The second kappa shape index (κ2) is 29.3. The summed E-state index contributed by atoms with van der Waals surface area (Å²) in [7, 11) is 0. The van der Waals surface area contributed by atoms with Crippen molar-refractivity contribution in [1.29, 1.82) is 0 Å². The smallest absolute Gasteiger partial charge is 0.305 e. The van der Waals surface area contributed by atoms with E-state index < -0.39 is 0 Å². The highest BCUT2D eigenvalue weighted by Gasteiger charge is 2.02. The molecule has 0 amide bonds. The van der Waals surface area contributed by atoms with Crippen molar-refractivity contribution in [1.82, 2.24) is 0 Å². The molecule has 6 heteroatoms. The number of carbonyl (C=O) groups is 1. The third kappa shape index (κ3) is 29.3. The molecule has 0 N–H and O–H groups in total. The van der Waals surface area contributed by atoms with Gasteiger partial charge in [0.25, 0.3) is 0 Å². The molecule has 0 rings (SSSR count). The molecule has 0 aliphatic rings. The molecule has 0 aromatic carbocycles. The third-order valence-corrected chi connectivity index (χ3v) is 5.48. The topological polar surface area (TPSA) is 63.2 Å². The fourth-order valence-electron chi connectivity index (χ4n) is 3.44. The average molecular weight is 475 g/mol. The van der Waals surface area contributed by atoms with Crippen molar-refractivity contribution in [3.63, 3.8) is 0 Å². The van der Waals surface area contributed by atoms with Crippen molar-refractivity contribution in [2.24, 2.45) is 0 Å². The standard InChI is InChI=1S/C27H54O6/c1-3-5-7-9-10-11-12-13-14-16-18-29-19-20-30-21-22-31-23-24-32-25-26-33-27(28)17-15-8-6-4-2/h3-26H2,1-2H3. The third-order valence-electron chi connectivity index (χ3n) is 5.48. The van der Waals surface area contributed by atoms with E-state index in [0.717, 1.165) is 25.9 Å². The van der Waals surface area contributed by atoms with E-state index in [1.54, 1.807) is 0 Å². The van der Waals surface area contributed by atoms with Gasteiger partial charge >= 0.3 is 5.97 Å². The van der Waals surface area contributed by atoms with Gasteiger partial charge in [0.05, 0.1) is 46.2 Å². The molecule has 0 bridgehead atoms. The molecule has 0 atom stereocenters. The van der Waals surface area contributed by atoms with Gasteiger partial charge < -0.3 is 23.7 Å². The number of hydrogen-bond acceptors (Lipinski definition) is 6. The molecule has 0 aromatic rings. The van der Waals surface area contributed by atoms with Gasteiger partial charge in [0.1, 0.15) is 6.61 Å². The number of carbonyl (C=O) groups excluding carboxylic acids is 1. The zero-order valence-corrected chi connectivity index (χ0v) is 21.9. The Morgan fingerprint density at radius 2 is 0.788 bits per heavy atom. The maximum Gasteiger partial charge on any atom is 0.305 e. The van der Waals surface area contributed by atoms with Gasteiger partial charge in [-0.15, -0.1) is 0 Å². The van der Waals surface area contributed by atoms with Crippen molar-refractivity contribution in [3.8, 4) is 0 Å². The first kappa shape index (κ1) is 32.3. The lowest BCUT2D eigenvalue weighted by molar-refractivity contribution is -0.145. The predicted molar refractivity (Wildman–Crippen MR) is 135 cm³/mol. The highest BCUT2D eigenvalue weighted by molar-refractivity contribution is 5.69. The maximum absolute atomic E-state index is 11.5. The van der Waals surface area contributed by atoms with Crippen LogP contribution in [-0.4, -0.2) is 65.4 Å². The van der Waals surface area contributed by atoms with E-state index in [2.05, 4.69) is 13.8 Å². The molecule has 33 heavy (non-hydrogen) atoms. The van der Waals surface area contributed by atoms with Crippen molar-refractivity contribution in [2.75, 3.05) is 59.5 Å². The molecule has 0 heterocycles. The molecule has 0 aliphatic heterocycles. The summed E-state index contributed by atoms with van der Waals surface area (Å²) in [5.74, 6) is -0.129. The quantitative estimate of drug-likeness (QED) is 0.0954. The minimum Gasteiger partial charge on any atom is -0.463 e. The molecule has 0 radical (unpaired) electrons. The van der Waals surface area contributed by atoms with Crippen LogP contribution in [0.1, 0.15) is 110 Å². The first-order valence-corrected chi connectivity index (χ1v) is 13.8. The second-order valence-electron chi connectivity index (χ2n) is 8.66. The number of esters is 1. The van der Waals surface area contributed by atoms with E-state index in [0.29, 0.717) is 59.3 Å². The molecule has 0 aromatic heterocycles. The number of ether oxygens (including phenoxy) is 5. The lowest BCUT2D eigenvalue weighted by atomic mass is 10.1. The Labute approximate surface area is 204 Å².